The third kappa shape index (κ3) is 4.18. The maximum atomic E-state index is 13.7. The number of anilines is 1. The second-order valence-electron chi connectivity index (χ2n) is 6.03. The zero-order valence-corrected chi connectivity index (χ0v) is 14.8. The molecule has 1 unspecified atom stereocenters. The Morgan fingerprint density at radius 2 is 1.85 bits per heavy atom. The summed E-state index contributed by atoms with van der Waals surface area (Å²) in [6.07, 6.45) is -4.66. The van der Waals surface area contributed by atoms with Crippen molar-refractivity contribution in [1.29, 1.82) is 0 Å². The molecule has 27 heavy (non-hydrogen) atoms. The molecule has 1 aliphatic rings. The minimum Gasteiger partial charge on any atom is -0.395 e. The molecule has 0 bridgehead atoms. The molecule has 1 atom stereocenters. The van der Waals surface area contributed by atoms with Crippen molar-refractivity contribution in [3.8, 4) is 0 Å². The average molecular weight is 400 g/mol. The van der Waals surface area contributed by atoms with E-state index in [9.17, 15) is 23.1 Å². The lowest BCUT2D eigenvalue weighted by Crippen LogP contribution is -2.56. The van der Waals surface area contributed by atoms with Gasteiger partial charge in [-0.3, -0.25) is 0 Å². The van der Waals surface area contributed by atoms with Crippen molar-refractivity contribution in [3.63, 3.8) is 0 Å². The number of carbonyl (C=O) groups is 1. The van der Waals surface area contributed by atoms with Gasteiger partial charge in [-0.1, -0.05) is 29.8 Å². The van der Waals surface area contributed by atoms with Gasteiger partial charge in [0.25, 0.3) is 0 Å². The summed E-state index contributed by atoms with van der Waals surface area (Å²) in [4.78, 5) is 11.9. The highest BCUT2D eigenvalue weighted by Gasteiger charge is 2.36. The van der Waals surface area contributed by atoms with Crippen molar-refractivity contribution < 1.29 is 23.1 Å². The molecule has 1 aliphatic heterocycles. The Bertz CT molecular complexity index is 828. The number of carbonyl (C=O) groups excluding carboxylic acids is 1. The van der Waals surface area contributed by atoms with Crippen LogP contribution in [-0.4, -0.2) is 30.8 Å². The van der Waals surface area contributed by atoms with E-state index in [2.05, 4.69) is 10.7 Å². The molecule has 1 saturated heterocycles. The number of aliphatic hydroxyl groups is 1. The third-order valence-corrected chi connectivity index (χ3v) is 4.56. The number of benzene rings is 2. The number of alkyl halides is 3. The summed E-state index contributed by atoms with van der Waals surface area (Å²) in [5, 5.41) is 13.8. The second kappa shape index (κ2) is 7.75. The van der Waals surface area contributed by atoms with E-state index in [-0.39, 0.29) is 11.3 Å². The normalized spacial score (nSPS) is 16.2. The van der Waals surface area contributed by atoms with Gasteiger partial charge in [0.05, 0.1) is 17.9 Å². The van der Waals surface area contributed by atoms with Gasteiger partial charge in [0.1, 0.15) is 0 Å². The number of urea groups is 1. The van der Waals surface area contributed by atoms with Crippen LogP contribution >= 0.6 is 11.6 Å². The molecule has 144 valence electrons. The SMILES string of the molecule is O=C1NCCNN1c1ccc(C(CO)c2ccc(Cl)cc2)c(C(F)(F)F)c1. The Hall–Kier alpha value is -2.29. The van der Waals surface area contributed by atoms with E-state index < -0.39 is 30.3 Å². The molecule has 1 heterocycles. The van der Waals surface area contributed by atoms with Crippen LogP contribution in [0.1, 0.15) is 22.6 Å². The first-order valence-corrected chi connectivity index (χ1v) is 8.58. The minimum absolute atomic E-state index is 0.0658. The summed E-state index contributed by atoms with van der Waals surface area (Å²) in [6, 6.07) is 9.36. The van der Waals surface area contributed by atoms with Gasteiger partial charge in [0.2, 0.25) is 0 Å². The molecule has 2 amide bonds. The number of halogens is 4. The standard InChI is InChI=1S/C18H17ClF3N3O2/c19-12-3-1-11(2-4-12)15(10-26)14-6-5-13(9-16(14)18(20,21)22)25-17(27)23-7-8-24-25/h1-6,9,15,24,26H,7-8,10H2,(H,23,27). The fourth-order valence-corrected chi connectivity index (χ4v) is 3.13. The monoisotopic (exact) mass is 399 g/mol. The molecule has 5 nitrogen and oxygen atoms in total. The number of aliphatic hydroxyl groups excluding tert-OH is 1. The molecule has 9 heteroatoms. The van der Waals surface area contributed by atoms with Gasteiger partial charge in [0, 0.05) is 24.0 Å². The Balaban J connectivity index is 2.06. The van der Waals surface area contributed by atoms with Gasteiger partial charge in [-0.2, -0.15) is 13.2 Å². The maximum absolute atomic E-state index is 13.7. The molecule has 2 aromatic carbocycles. The number of hydrogen-bond donors (Lipinski definition) is 3. The lowest BCUT2D eigenvalue weighted by molar-refractivity contribution is -0.138. The van der Waals surface area contributed by atoms with Crippen LogP contribution in [0.3, 0.4) is 0 Å². The van der Waals surface area contributed by atoms with Crippen LogP contribution in [0, 0.1) is 0 Å². The van der Waals surface area contributed by atoms with Crippen LogP contribution < -0.4 is 15.8 Å². The second-order valence-corrected chi connectivity index (χ2v) is 6.47. The van der Waals surface area contributed by atoms with Crippen LogP contribution in [0.2, 0.25) is 5.02 Å². The summed E-state index contributed by atoms with van der Waals surface area (Å²) in [5.41, 5.74) is 2.34. The molecule has 1 fully saturated rings. The molecule has 0 aromatic heterocycles. The summed E-state index contributed by atoms with van der Waals surface area (Å²) in [6.45, 7) is 0.286. The first kappa shape index (κ1) is 19.5. The Kier molecular flexibility index (Phi) is 5.59. The summed E-state index contributed by atoms with van der Waals surface area (Å²) < 4.78 is 41.2. The molecular formula is C18H17ClF3N3O2. The minimum atomic E-state index is -4.66. The van der Waals surface area contributed by atoms with Crippen LogP contribution in [0.4, 0.5) is 23.7 Å². The summed E-state index contributed by atoms with van der Waals surface area (Å²) in [7, 11) is 0. The van der Waals surface area contributed by atoms with E-state index >= 15 is 0 Å². The smallest absolute Gasteiger partial charge is 0.395 e. The van der Waals surface area contributed by atoms with Crippen LogP contribution in [0.15, 0.2) is 42.5 Å². The Labute approximate surface area is 158 Å². The van der Waals surface area contributed by atoms with Gasteiger partial charge in [0.15, 0.2) is 0 Å². The molecule has 0 radical (unpaired) electrons. The van der Waals surface area contributed by atoms with Gasteiger partial charge in [-0.25, -0.2) is 15.2 Å². The topological polar surface area (TPSA) is 64.6 Å². The van der Waals surface area contributed by atoms with E-state index in [0.29, 0.717) is 23.7 Å². The van der Waals surface area contributed by atoms with Gasteiger partial charge < -0.3 is 10.4 Å². The first-order valence-electron chi connectivity index (χ1n) is 8.20. The van der Waals surface area contributed by atoms with E-state index in [4.69, 9.17) is 11.6 Å². The lowest BCUT2D eigenvalue weighted by atomic mass is 9.88. The number of rotatable bonds is 4. The van der Waals surface area contributed by atoms with Crippen molar-refractivity contribution in [2.45, 2.75) is 12.1 Å². The number of amides is 2. The van der Waals surface area contributed by atoms with E-state index in [1.165, 1.54) is 12.1 Å². The first-order chi connectivity index (χ1) is 12.8. The lowest BCUT2D eigenvalue weighted by Gasteiger charge is -2.29. The molecule has 3 rings (SSSR count). The number of nitrogens with zero attached hydrogens (tertiary/aromatic N) is 1. The van der Waals surface area contributed by atoms with E-state index in [0.717, 1.165) is 11.1 Å². The fraction of sp³-hybridized carbons (Fsp3) is 0.278. The molecule has 0 aliphatic carbocycles. The van der Waals surface area contributed by atoms with Gasteiger partial charge in [-0.15, -0.1) is 0 Å². The molecule has 3 N–H and O–H groups in total. The van der Waals surface area contributed by atoms with Crippen molar-refractivity contribution in [2.24, 2.45) is 0 Å². The number of nitrogens with one attached hydrogen (secondary N) is 2. The largest absolute Gasteiger partial charge is 0.416 e. The molecule has 2 aromatic rings. The average Bonchev–Trinajstić information content (AvgIpc) is 2.64. The predicted molar refractivity (Wildman–Crippen MR) is 95.7 cm³/mol. The number of hydrogen-bond acceptors (Lipinski definition) is 3. The summed E-state index contributed by atoms with van der Waals surface area (Å²) in [5.74, 6) is -0.879. The van der Waals surface area contributed by atoms with E-state index in [1.54, 1.807) is 24.3 Å². The Morgan fingerprint density at radius 3 is 2.44 bits per heavy atom. The molecular weight excluding hydrogens is 383 g/mol. The van der Waals surface area contributed by atoms with Crippen molar-refractivity contribution in [2.75, 3.05) is 24.7 Å². The van der Waals surface area contributed by atoms with Crippen LogP contribution in [0.5, 0.6) is 0 Å². The molecule has 0 saturated carbocycles. The fourth-order valence-electron chi connectivity index (χ4n) is 3.01. The third-order valence-electron chi connectivity index (χ3n) is 4.31. The van der Waals surface area contributed by atoms with Gasteiger partial charge in [-0.05, 0) is 35.4 Å². The highest BCUT2D eigenvalue weighted by Crippen LogP contribution is 2.39. The molecule has 0 spiro atoms. The van der Waals surface area contributed by atoms with Crippen molar-refractivity contribution in [3.05, 3.63) is 64.2 Å². The van der Waals surface area contributed by atoms with Crippen molar-refractivity contribution >= 4 is 23.3 Å². The van der Waals surface area contributed by atoms with Crippen molar-refractivity contribution in [1.82, 2.24) is 10.7 Å². The van der Waals surface area contributed by atoms with Gasteiger partial charge >= 0.3 is 12.2 Å². The Morgan fingerprint density at radius 1 is 1.15 bits per heavy atom. The zero-order chi connectivity index (χ0) is 19.6. The van der Waals surface area contributed by atoms with E-state index in [1.807, 2.05) is 0 Å². The van der Waals surface area contributed by atoms with Crippen LogP contribution in [0.25, 0.3) is 0 Å². The summed E-state index contributed by atoms with van der Waals surface area (Å²) >= 11 is 5.84. The maximum Gasteiger partial charge on any atom is 0.416 e. The van der Waals surface area contributed by atoms with Crippen LogP contribution in [-0.2, 0) is 6.18 Å². The zero-order valence-electron chi connectivity index (χ0n) is 14.1. The quantitative estimate of drug-likeness (QED) is 0.737. The predicted octanol–water partition coefficient (Wildman–Crippen LogP) is 3.52. The highest BCUT2D eigenvalue weighted by molar-refractivity contribution is 6.30. The highest BCUT2D eigenvalue weighted by atomic mass is 35.5. The number of hydrazine groups is 1.